The van der Waals surface area contributed by atoms with E-state index in [-0.39, 0.29) is 31.0 Å². The number of halogens is 3. The number of carbonyl (C=O) groups excluding carboxylic acids is 3. The first kappa shape index (κ1) is 45.8. The molecule has 1 aliphatic heterocycles. The minimum Gasteiger partial charge on any atom is -0.496 e. The summed E-state index contributed by atoms with van der Waals surface area (Å²) in [6.07, 6.45) is -3.21. The fourth-order valence-corrected chi connectivity index (χ4v) is 10.2. The van der Waals surface area contributed by atoms with Crippen molar-refractivity contribution < 1.29 is 45.4 Å². The number of sulfonamides is 1. The number of amides is 3. The van der Waals surface area contributed by atoms with Gasteiger partial charge in [0.15, 0.2) is 0 Å². The zero-order valence-electron chi connectivity index (χ0n) is 36.5. The zero-order chi connectivity index (χ0) is 46.0. The smallest absolute Gasteiger partial charge is 0.416 e. The SMILES string of the molecule is C=CC1CC1(NC(=O)C1CC(Oc2cc(-c3nc(C(C)C)cs3)nc3c(C)c(OC)ccc23)CN1C(=O)C(Nc1cccc(C(F)(F)F)c1)C(C)(C)C)C(=O)NS(=O)(=O)C1(C)CC1. The van der Waals surface area contributed by atoms with Gasteiger partial charge in [-0.25, -0.2) is 18.4 Å². The van der Waals surface area contributed by atoms with Gasteiger partial charge in [0.25, 0.3) is 5.91 Å². The number of aromatic nitrogens is 2. The topological polar surface area (TPSA) is 169 Å². The minimum absolute atomic E-state index is 0.0449. The number of carbonyl (C=O) groups is 3. The largest absolute Gasteiger partial charge is 0.496 e. The average Bonchev–Trinajstić information content (AvgIpc) is 4.00. The molecule has 1 saturated heterocycles. The normalized spacial score (nSPS) is 22.3. The highest BCUT2D eigenvalue weighted by atomic mass is 32.2. The molecule has 3 fully saturated rings. The standard InChI is InChI=1S/C45H53F3N6O7S2/c1-10-26-21-44(26,41(57)53-63(58,59)43(8)16-17-43)52-38(55)33-19-29(22-54(33)40(56)37(42(5,6)7)49-28-13-11-12-27(18-28)45(46,47)48)61-35-20-31(39-51-32(23-62-39)24(2)3)50-36-25(4)34(60-9)15-14-30(35)36/h10-15,18,20,23-24,26,29,33,37,49H,1,16-17,19,21-22H2,2-9H3,(H,52,55)(H,53,57). The summed E-state index contributed by atoms with van der Waals surface area (Å²) in [5.41, 5.74) is -0.642. The monoisotopic (exact) mass is 910 g/mol. The number of aryl methyl sites for hydroxylation is 1. The molecule has 0 spiro atoms. The number of rotatable bonds is 14. The van der Waals surface area contributed by atoms with E-state index >= 15 is 0 Å². The number of nitrogens with one attached hydrogen (secondary N) is 3. The van der Waals surface area contributed by atoms with Crippen molar-refractivity contribution in [1.82, 2.24) is 24.9 Å². The van der Waals surface area contributed by atoms with Gasteiger partial charge in [-0.3, -0.25) is 19.1 Å². The third-order valence-electron chi connectivity index (χ3n) is 12.3. The molecule has 3 aliphatic rings. The molecule has 18 heteroatoms. The Balaban J connectivity index is 1.26. The second kappa shape index (κ2) is 16.4. The third-order valence-corrected chi connectivity index (χ3v) is 15.4. The van der Waals surface area contributed by atoms with Crippen LogP contribution in [-0.4, -0.2) is 83.1 Å². The summed E-state index contributed by atoms with van der Waals surface area (Å²) in [5, 5.41) is 9.08. The molecule has 3 amide bonds. The number of likely N-dealkylation sites (tertiary alicyclic amines) is 1. The van der Waals surface area contributed by atoms with Crippen molar-refractivity contribution >= 4 is 55.7 Å². The van der Waals surface area contributed by atoms with Crippen molar-refractivity contribution in [3.63, 3.8) is 0 Å². The van der Waals surface area contributed by atoms with Crippen LogP contribution in [0.5, 0.6) is 11.5 Å². The van der Waals surface area contributed by atoms with Gasteiger partial charge in [-0.05, 0) is 74.8 Å². The lowest BCUT2D eigenvalue weighted by atomic mass is 9.85. The molecule has 2 saturated carbocycles. The average molecular weight is 911 g/mol. The van der Waals surface area contributed by atoms with Crippen LogP contribution in [0.25, 0.3) is 21.6 Å². The van der Waals surface area contributed by atoms with E-state index < -0.39 is 79.3 Å². The van der Waals surface area contributed by atoms with Crippen LogP contribution in [0.3, 0.4) is 0 Å². The molecule has 7 rings (SSSR count). The van der Waals surface area contributed by atoms with Crippen molar-refractivity contribution in [3.05, 3.63) is 77.3 Å². The van der Waals surface area contributed by atoms with Gasteiger partial charge in [-0.15, -0.1) is 17.9 Å². The Morgan fingerprint density at radius 3 is 2.37 bits per heavy atom. The van der Waals surface area contributed by atoms with Crippen LogP contribution < -0.4 is 24.8 Å². The number of nitrogens with zero attached hydrogens (tertiary/aromatic N) is 3. The van der Waals surface area contributed by atoms with Gasteiger partial charge in [-0.1, -0.05) is 46.8 Å². The fraction of sp³-hybridized carbons (Fsp3) is 0.489. The first-order valence-corrected chi connectivity index (χ1v) is 23.1. The van der Waals surface area contributed by atoms with E-state index in [0.29, 0.717) is 45.9 Å². The van der Waals surface area contributed by atoms with Gasteiger partial charge in [0.1, 0.15) is 45.9 Å². The van der Waals surface area contributed by atoms with Gasteiger partial charge in [0.2, 0.25) is 21.8 Å². The number of methoxy groups -OCH3 is 1. The number of pyridine rings is 1. The summed E-state index contributed by atoms with van der Waals surface area (Å²) >= 11 is 1.43. The predicted octanol–water partition coefficient (Wildman–Crippen LogP) is 7.75. The number of hydrogen-bond donors (Lipinski definition) is 3. The van der Waals surface area contributed by atoms with Crippen LogP contribution in [-0.2, 0) is 30.6 Å². The number of benzene rings is 2. The van der Waals surface area contributed by atoms with Crippen LogP contribution >= 0.6 is 11.3 Å². The molecular weight excluding hydrogens is 858 g/mol. The van der Waals surface area contributed by atoms with Crippen molar-refractivity contribution in [1.29, 1.82) is 0 Å². The van der Waals surface area contributed by atoms with Crippen LogP contribution in [0.1, 0.15) is 90.0 Å². The number of thiazole rings is 1. The van der Waals surface area contributed by atoms with E-state index in [4.69, 9.17) is 19.4 Å². The Morgan fingerprint density at radius 2 is 1.78 bits per heavy atom. The summed E-state index contributed by atoms with van der Waals surface area (Å²) in [6, 6.07) is 7.48. The fourth-order valence-electron chi connectivity index (χ4n) is 7.92. The number of anilines is 1. The molecule has 338 valence electrons. The zero-order valence-corrected chi connectivity index (χ0v) is 38.1. The highest BCUT2D eigenvalue weighted by molar-refractivity contribution is 7.91. The number of fused-ring (bicyclic) bond motifs is 1. The third kappa shape index (κ3) is 8.97. The van der Waals surface area contributed by atoms with Gasteiger partial charge in [-0.2, -0.15) is 13.2 Å². The lowest BCUT2D eigenvalue weighted by Crippen LogP contribution is -2.59. The quantitative estimate of drug-likeness (QED) is 0.106. The number of alkyl halides is 3. The lowest BCUT2D eigenvalue weighted by molar-refractivity contribution is -0.141. The second-order valence-electron chi connectivity index (χ2n) is 18.4. The predicted molar refractivity (Wildman–Crippen MR) is 235 cm³/mol. The van der Waals surface area contributed by atoms with E-state index in [1.54, 1.807) is 46.9 Å². The lowest BCUT2D eigenvalue weighted by Gasteiger charge is -2.36. The van der Waals surface area contributed by atoms with E-state index in [0.717, 1.165) is 23.4 Å². The molecule has 0 radical (unpaired) electrons. The molecule has 2 aromatic carbocycles. The van der Waals surface area contributed by atoms with Crippen LogP contribution in [0.15, 0.2) is 60.5 Å². The molecule has 0 bridgehead atoms. The molecule has 2 aromatic heterocycles. The van der Waals surface area contributed by atoms with Crippen LogP contribution in [0.2, 0.25) is 0 Å². The Bertz CT molecular complexity index is 2590. The van der Waals surface area contributed by atoms with E-state index in [1.165, 1.54) is 34.4 Å². The van der Waals surface area contributed by atoms with Crippen LogP contribution in [0, 0.1) is 18.3 Å². The van der Waals surface area contributed by atoms with E-state index in [9.17, 15) is 36.0 Å². The maximum Gasteiger partial charge on any atom is 0.416 e. The van der Waals surface area contributed by atoms with E-state index in [1.807, 2.05) is 32.2 Å². The first-order valence-electron chi connectivity index (χ1n) is 20.8. The molecule has 3 heterocycles. The van der Waals surface area contributed by atoms with Crippen molar-refractivity contribution in [2.45, 2.75) is 115 Å². The van der Waals surface area contributed by atoms with Gasteiger partial charge in [0, 0.05) is 40.4 Å². The van der Waals surface area contributed by atoms with Crippen molar-refractivity contribution in [3.8, 4) is 22.2 Å². The molecule has 5 atom stereocenters. The summed E-state index contributed by atoms with van der Waals surface area (Å²) in [7, 11) is -2.51. The summed E-state index contributed by atoms with van der Waals surface area (Å²) < 4.78 is 81.1. The van der Waals surface area contributed by atoms with Gasteiger partial charge in [0.05, 0.1) is 35.2 Å². The van der Waals surface area contributed by atoms with Crippen molar-refractivity contribution in [2.24, 2.45) is 11.3 Å². The Morgan fingerprint density at radius 1 is 1.06 bits per heavy atom. The maximum atomic E-state index is 15.0. The Kier molecular flexibility index (Phi) is 11.9. The second-order valence-corrected chi connectivity index (χ2v) is 21.5. The highest BCUT2D eigenvalue weighted by Gasteiger charge is 2.63. The summed E-state index contributed by atoms with van der Waals surface area (Å²) in [6.45, 7) is 16.4. The van der Waals surface area contributed by atoms with E-state index in [2.05, 4.69) is 21.9 Å². The van der Waals surface area contributed by atoms with Crippen LogP contribution in [0.4, 0.5) is 18.9 Å². The number of hydrogen-bond acceptors (Lipinski definition) is 11. The molecule has 2 aliphatic carbocycles. The Labute approximate surface area is 369 Å². The Hall–Kier alpha value is -5.23. The molecule has 3 N–H and O–H groups in total. The van der Waals surface area contributed by atoms with Gasteiger partial charge >= 0.3 is 6.18 Å². The molecule has 5 unspecified atom stereocenters. The highest BCUT2D eigenvalue weighted by Crippen LogP contribution is 2.47. The maximum absolute atomic E-state index is 15.0. The minimum atomic E-state index is -4.64. The number of ether oxygens (including phenoxy) is 2. The summed E-state index contributed by atoms with van der Waals surface area (Å²) in [5.74, 6) is -1.66. The van der Waals surface area contributed by atoms with Gasteiger partial charge < -0.3 is 25.0 Å². The molecular formula is C45H53F3N6O7S2. The summed E-state index contributed by atoms with van der Waals surface area (Å²) in [4.78, 5) is 54.6. The molecule has 4 aromatic rings. The molecule has 13 nitrogen and oxygen atoms in total. The van der Waals surface area contributed by atoms with Crippen molar-refractivity contribution in [2.75, 3.05) is 19.0 Å². The first-order chi connectivity index (χ1) is 29.4. The molecule has 63 heavy (non-hydrogen) atoms.